The molecule has 4 rings (SSSR count). The molecule has 1 saturated heterocycles. The second-order valence-electron chi connectivity index (χ2n) is 9.54. The number of carbonyl (C=O) groups is 3. The standard InChI is InChI=1S/C27H29ClN6O5S/c1-18(2)33(26(37)19-3-5-20(28)6-4-19)16-24(35)30-27-29-21(17-40-27)15-25(36)32-13-11-31(12-14-32)22-7-9-23(10-8-22)34(38)39/h3-10,17-18H,11-16H2,1-2H3,(H,29,30,35). The molecule has 1 aliphatic heterocycles. The van der Waals surface area contributed by atoms with Gasteiger partial charge >= 0.3 is 0 Å². The molecule has 0 unspecified atom stereocenters. The lowest BCUT2D eigenvalue weighted by atomic mass is 10.1. The number of hydrogen-bond acceptors (Lipinski definition) is 8. The molecular formula is C27H29ClN6O5S. The Labute approximate surface area is 240 Å². The van der Waals surface area contributed by atoms with E-state index in [-0.39, 0.29) is 42.4 Å². The number of non-ortho nitro benzene ring substituents is 1. The number of nitro benzene ring substituents is 1. The quantitative estimate of drug-likeness (QED) is 0.296. The summed E-state index contributed by atoms with van der Waals surface area (Å²) in [5.74, 6) is -0.724. The van der Waals surface area contributed by atoms with E-state index in [9.17, 15) is 24.5 Å². The van der Waals surface area contributed by atoms with Crippen LogP contribution in [0.2, 0.25) is 5.02 Å². The van der Waals surface area contributed by atoms with Crippen LogP contribution in [-0.4, -0.2) is 76.2 Å². The predicted octanol–water partition coefficient (Wildman–Crippen LogP) is 4.09. The number of nitro groups is 1. The number of benzene rings is 2. The number of piperazine rings is 1. The summed E-state index contributed by atoms with van der Waals surface area (Å²) in [5.41, 5.74) is 1.92. The number of hydrogen-bond donors (Lipinski definition) is 1. The molecule has 0 radical (unpaired) electrons. The first-order valence-electron chi connectivity index (χ1n) is 12.7. The molecule has 1 fully saturated rings. The molecule has 0 aliphatic carbocycles. The Morgan fingerprint density at radius 3 is 2.33 bits per heavy atom. The monoisotopic (exact) mass is 584 g/mol. The minimum Gasteiger partial charge on any atom is -0.368 e. The molecule has 3 aromatic rings. The van der Waals surface area contributed by atoms with Gasteiger partial charge in [-0.15, -0.1) is 11.3 Å². The van der Waals surface area contributed by atoms with Crippen LogP contribution < -0.4 is 10.2 Å². The van der Waals surface area contributed by atoms with Gasteiger partial charge in [0.15, 0.2) is 5.13 Å². The zero-order valence-electron chi connectivity index (χ0n) is 22.1. The van der Waals surface area contributed by atoms with Gasteiger partial charge in [-0.25, -0.2) is 4.98 Å². The molecule has 0 saturated carbocycles. The number of aromatic nitrogens is 1. The molecule has 0 bridgehead atoms. The smallest absolute Gasteiger partial charge is 0.269 e. The van der Waals surface area contributed by atoms with Gasteiger partial charge in [0.05, 0.1) is 17.0 Å². The van der Waals surface area contributed by atoms with Gasteiger partial charge in [0.2, 0.25) is 11.8 Å². The van der Waals surface area contributed by atoms with Crippen LogP contribution in [0.1, 0.15) is 29.9 Å². The van der Waals surface area contributed by atoms with E-state index in [0.29, 0.717) is 47.6 Å². The van der Waals surface area contributed by atoms with Crippen molar-refractivity contribution in [2.24, 2.45) is 0 Å². The lowest BCUT2D eigenvalue weighted by molar-refractivity contribution is -0.384. The van der Waals surface area contributed by atoms with Crippen LogP contribution in [0.3, 0.4) is 0 Å². The van der Waals surface area contributed by atoms with Crippen molar-refractivity contribution in [1.29, 1.82) is 0 Å². The van der Waals surface area contributed by atoms with E-state index in [0.717, 1.165) is 5.69 Å². The van der Waals surface area contributed by atoms with E-state index in [1.807, 2.05) is 13.8 Å². The van der Waals surface area contributed by atoms with Crippen molar-refractivity contribution in [3.05, 3.63) is 80.3 Å². The minimum absolute atomic E-state index is 0.0417. The third-order valence-corrected chi connectivity index (χ3v) is 7.54. The zero-order chi connectivity index (χ0) is 28.8. The minimum atomic E-state index is -0.431. The topological polar surface area (TPSA) is 129 Å². The van der Waals surface area contributed by atoms with Gasteiger partial charge in [0, 0.05) is 66.0 Å². The second kappa shape index (κ2) is 12.9. The average molecular weight is 585 g/mol. The number of carbonyl (C=O) groups excluding carboxylic acids is 3. The third kappa shape index (κ3) is 7.33. The fourth-order valence-corrected chi connectivity index (χ4v) is 5.12. The average Bonchev–Trinajstić information content (AvgIpc) is 3.38. The summed E-state index contributed by atoms with van der Waals surface area (Å²) in [5, 5.41) is 16.2. The lowest BCUT2D eigenvalue weighted by Crippen LogP contribution is -2.49. The Balaban J connectivity index is 1.27. The highest BCUT2D eigenvalue weighted by atomic mass is 35.5. The zero-order valence-corrected chi connectivity index (χ0v) is 23.7. The SMILES string of the molecule is CC(C)N(CC(=O)Nc1nc(CC(=O)N2CCN(c3ccc([N+](=O)[O-])cc3)CC2)cs1)C(=O)c1ccc(Cl)cc1. The molecule has 13 heteroatoms. The summed E-state index contributed by atoms with van der Waals surface area (Å²) >= 11 is 7.14. The summed E-state index contributed by atoms with van der Waals surface area (Å²) in [6, 6.07) is 12.7. The molecule has 3 amide bonds. The van der Waals surface area contributed by atoms with Crippen LogP contribution in [0, 0.1) is 10.1 Å². The highest BCUT2D eigenvalue weighted by Gasteiger charge is 2.24. The largest absolute Gasteiger partial charge is 0.368 e. The van der Waals surface area contributed by atoms with E-state index < -0.39 is 4.92 Å². The normalized spacial score (nSPS) is 13.3. The number of halogens is 1. The number of nitrogens with one attached hydrogen (secondary N) is 1. The number of rotatable bonds is 9. The molecule has 1 aliphatic rings. The van der Waals surface area contributed by atoms with Crippen LogP contribution in [0.25, 0.3) is 0 Å². The van der Waals surface area contributed by atoms with E-state index in [4.69, 9.17) is 11.6 Å². The van der Waals surface area contributed by atoms with Crippen LogP contribution in [0.5, 0.6) is 0 Å². The maximum absolute atomic E-state index is 12.9. The first-order chi connectivity index (χ1) is 19.1. The molecule has 2 heterocycles. The van der Waals surface area contributed by atoms with Gasteiger partial charge in [-0.1, -0.05) is 11.6 Å². The van der Waals surface area contributed by atoms with E-state index in [2.05, 4.69) is 15.2 Å². The Morgan fingerprint density at radius 2 is 1.73 bits per heavy atom. The van der Waals surface area contributed by atoms with Gasteiger partial charge in [-0.05, 0) is 50.2 Å². The summed E-state index contributed by atoms with van der Waals surface area (Å²) in [6.45, 7) is 5.80. The van der Waals surface area contributed by atoms with Crippen LogP contribution in [-0.2, 0) is 16.0 Å². The lowest BCUT2D eigenvalue weighted by Gasteiger charge is -2.36. The molecule has 2 aromatic carbocycles. The molecule has 1 N–H and O–H groups in total. The summed E-state index contributed by atoms with van der Waals surface area (Å²) < 4.78 is 0. The third-order valence-electron chi connectivity index (χ3n) is 6.48. The fraction of sp³-hybridized carbons (Fsp3) is 0.333. The van der Waals surface area contributed by atoms with Crippen molar-refractivity contribution in [3.63, 3.8) is 0 Å². The predicted molar refractivity (Wildman–Crippen MR) is 154 cm³/mol. The van der Waals surface area contributed by atoms with Crippen molar-refractivity contribution in [2.75, 3.05) is 42.9 Å². The van der Waals surface area contributed by atoms with Gasteiger partial charge in [0.1, 0.15) is 6.54 Å². The van der Waals surface area contributed by atoms with Crippen molar-refractivity contribution >= 4 is 57.2 Å². The number of anilines is 2. The Morgan fingerprint density at radius 1 is 1.07 bits per heavy atom. The Hall–Kier alpha value is -4.03. The van der Waals surface area contributed by atoms with Crippen molar-refractivity contribution in [1.82, 2.24) is 14.8 Å². The van der Waals surface area contributed by atoms with Gasteiger partial charge in [-0.2, -0.15) is 0 Å². The van der Waals surface area contributed by atoms with Crippen molar-refractivity contribution in [3.8, 4) is 0 Å². The summed E-state index contributed by atoms with van der Waals surface area (Å²) in [7, 11) is 0. The molecule has 0 spiro atoms. The van der Waals surface area contributed by atoms with E-state index >= 15 is 0 Å². The van der Waals surface area contributed by atoms with Crippen molar-refractivity contribution in [2.45, 2.75) is 26.3 Å². The Bertz CT molecular complexity index is 1370. The van der Waals surface area contributed by atoms with E-state index in [1.165, 1.54) is 28.4 Å². The van der Waals surface area contributed by atoms with Gasteiger partial charge in [0.25, 0.3) is 11.6 Å². The van der Waals surface area contributed by atoms with E-state index in [1.54, 1.807) is 46.7 Å². The van der Waals surface area contributed by atoms with Gasteiger partial charge in [-0.3, -0.25) is 24.5 Å². The number of nitrogens with zero attached hydrogens (tertiary/aromatic N) is 5. The first-order valence-corrected chi connectivity index (χ1v) is 13.9. The molecular weight excluding hydrogens is 556 g/mol. The summed E-state index contributed by atoms with van der Waals surface area (Å²) in [6.07, 6.45) is 0.108. The maximum Gasteiger partial charge on any atom is 0.269 e. The van der Waals surface area contributed by atoms with Gasteiger partial charge < -0.3 is 20.0 Å². The molecule has 0 atom stereocenters. The molecule has 40 heavy (non-hydrogen) atoms. The maximum atomic E-state index is 12.9. The second-order valence-corrected chi connectivity index (χ2v) is 10.8. The van der Waals surface area contributed by atoms with Crippen LogP contribution in [0.15, 0.2) is 53.9 Å². The van der Waals surface area contributed by atoms with Crippen LogP contribution in [0.4, 0.5) is 16.5 Å². The highest BCUT2D eigenvalue weighted by molar-refractivity contribution is 7.13. The number of thiazole rings is 1. The summed E-state index contributed by atoms with van der Waals surface area (Å²) in [4.78, 5) is 58.7. The van der Waals surface area contributed by atoms with Crippen LogP contribution >= 0.6 is 22.9 Å². The number of amides is 3. The molecule has 1 aromatic heterocycles. The molecule has 210 valence electrons. The first kappa shape index (κ1) is 29.0. The Kier molecular flexibility index (Phi) is 9.33. The molecule has 11 nitrogen and oxygen atoms in total. The van der Waals surface area contributed by atoms with Crippen molar-refractivity contribution < 1.29 is 19.3 Å². The highest BCUT2D eigenvalue weighted by Crippen LogP contribution is 2.22. The fourth-order valence-electron chi connectivity index (χ4n) is 4.27.